The van der Waals surface area contributed by atoms with Crippen LogP contribution in [0, 0.1) is 17.8 Å². The van der Waals surface area contributed by atoms with E-state index in [9.17, 15) is 9.90 Å². The van der Waals surface area contributed by atoms with E-state index < -0.39 is 6.09 Å². The van der Waals surface area contributed by atoms with Gasteiger partial charge in [0.15, 0.2) is 0 Å². The lowest BCUT2D eigenvalue weighted by Crippen LogP contribution is -2.54. The summed E-state index contributed by atoms with van der Waals surface area (Å²) in [5.41, 5.74) is 2.15. The van der Waals surface area contributed by atoms with Crippen LogP contribution in [-0.4, -0.2) is 53.3 Å². The fourth-order valence-electron chi connectivity index (χ4n) is 6.35. The molecular weight excluding hydrogens is 424 g/mol. The Kier molecular flexibility index (Phi) is 7.54. The predicted octanol–water partition coefficient (Wildman–Crippen LogP) is 6.46. The molecule has 4 rings (SSSR count). The van der Waals surface area contributed by atoms with Crippen molar-refractivity contribution in [2.24, 2.45) is 17.8 Å². The van der Waals surface area contributed by atoms with Crippen molar-refractivity contribution in [2.45, 2.75) is 83.8 Å². The molecule has 6 nitrogen and oxygen atoms in total. The molecule has 0 saturated heterocycles. The summed E-state index contributed by atoms with van der Waals surface area (Å²) in [4.78, 5) is 21.3. The summed E-state index contributed by atoms with van der Waals surface area (Å²) in [5, 5.41) is 15.1. The molecule has 1 aromatic heterocycles. The van der Waals surface area contributed by atoms with Crippen LogP contribution in [0.2, 0.25) is 0 Å². The highest BCUT2D eigenvalue weighted by atomic mass is 16.4. The summed E-state index contributed by atoms with van der Waals surface area (Å²) in [5.74, 6) is 2.49. The molecule has 186 valence electrons. The van der Waals surface area contributed by atoms with Crippen LogP contribution in [0.25, 0.3) is 10.9 Å². The van der Waals surface area contributed by atoms with Crippen molar-refractivity contribution in [1.82, 2.24) is 9.88 Å². The number of nitrogens with zero attached hydrogens (tertiary/aromatic N) is 3. The van der Waals surface area contributed by atoms with Crippen molar-refractivity contribution in [3.05, 3.63) is 30.3 Å². The Balaban J connectivity index is 1.45. The van der Waals surface area contributed by atoms with Gasteiger partial charge >= 0.3 is 6.09 Å². The number of benzene rings is 1. The molecule has 2 saturated carbocycles. The van der Waals surface area contributed by atoms with Gasteiger partial charge in [0.2, 0.25) is 0 Å². The first kappa shape index (κ1) is 24.6. The van der Waals surface area contributed by atoms with Crippen LogP contribution < -0.4 is 10.2 Å². The quantitative estimate of drug-likeness (QED) is 0.511. The van der Waals surface area contributed by atoms with Gasteiger partial charge in [0, 0.05) is 49.4 Å². The summed E-state index contributed by atoms with van der Waals surface area (Å²) < 4.78 is 0. The summed E-state index contributed by atoms with van der Waals surface area (Å²) in [7, 11) is 4.13. The summed E-state index contributed by atoms with van der Waals surface area (Å²) in [6.45, 7) is 6.79. The number of nitrogens with one attached hydrogen (secondary N) is 1. The Hall–Kier alpha value is -2.50. The summed E-state index contributed by atoms with van der Waals surface area (Å²) in [6.07, 6.45) is 6.39. The molecule has 3 atom stereocenters. The average molecular weight is 467 g/mol. The van der Waals surface area contributed by atoms with Crippen LogP contribution in [0.1, 0.15) is 65.7 Å². The van der Waals surface area contributed by atoms with Gasteiger partial charge in [-0.05, 0) is 62.3 Å². The standard InChI is InChI=1S/C28H42N4O2/c1-18(2)22-15-10-19(3)16-26(22)32(28(33)34)21-13-11-20(12-14-21)29-27-17-25(31(4)5)23-8-6-7-9-24(23)30-27/h6-9,17-22,26H,10-16H2,1-5H3,(H,29,30)(H,33,34)/t19-,20-,21+,22+,26-/m1/s1. The van der Waals surface area contributed by atoms with Crippen molar-refractivity contribution in [1.29, 1.82) is 0 Å². The molecule has 1 heterocycles. The highest BCUT2D eigenvalue weighted by molar-refractivity contribution is 5.93. The van der Waals surface area contributed by atoms with Crippen molar-refractivity contribution in [3.8, 4) is 0 Å². The van der Waals surface area contributed by atoms with E-state index in [2.05, 4.69) is 69.3 Å². The number of carbonyl (C=O) groups is 1. The number of rotatable bonds is 6. The molecule has 1 aromatic carbocycles. The van der Waals surface area contributed by atoms with Crippen LogP contribution in [0.5, 0.6) is 0 Å². The van der Waals surface area contributed by atoms with Crippen molar-refractivity contribution < 1.29 is 9.90 Å². The van der Waals surface area contributed by atoms with Crippen LogP contribution in [0.15, 0.2) is 30.3 Å². The van der Waals surface area contributed by atoms with E-state index in [0.717, 1.165) is 60.9 Å². The maximum atomic E-state index is 12.5. The van der Waals surface area contributed by atoms with Crippen LogP contribution in [0.3, 0.4) is 0 Å². The highest BCUT2D eigenvalue weighted by Gasteiger charge is 2.41. The van der Waals surface area contributed by atoms with Crippen molar-refractivity contribution in [2.75, 3.05) is 24.3 Å². The van der Waals surface area contributed by atoms with Gasteiger partial charge < -0.3 is 20.2 Å². The van der Waals surface area contributed by atoms with Crippen LogP contribution in [-0.2, 0) is 0 Å². The molecular formula is C28H42N4O2. The zero-order valence-corrected chi connectivity index (χ0v) is 21.5. The van der Waals surface area contributed by atoms with E-state index in [0.29, 0.717) is 23.8 Å². The van der Waals surface area contributed by atoms with Crippen LogP contribution in [0.4, 0.5) is 16.3 Å². The molecule has 2 aromatic rings. The number of aromatic nitrogens is 1. The molecule has 2 aliphatic carbocycles. The van der Waals surface area contributed by atoms with E-state index in [1.165, 1.54) is 6.42 Å². The molecule has 0 bridgehead atoms. The number of pyridine rings is 1. The van der Waals surface area contributed by atoms with Gasteiger partial charge in [-0.25, -0.2) is 9.78 Å². The maximum absolute atomic E-state index is 12.5. The van der Waals surface area contributed by atoms with E-state index in [1.54, 1.807) is 0 Å². The summed E-state index contributed by atoms with van der Waals surface area (Å²) >= 11 is 0. The minimum Gasteiger partial charge on any atom is -0.465 e. The van der Waals surface area contributed by atoms with Gasteiger partial charge in [-0.3, -0.25) is 0 Å². The lowest BCUT2D eigenvalue weighted by Gasteiger charge is -2.47. The normalized spacial score (nSPS) is 27.5. The topological polar surface area (TPSA) is 68.7 Å². The van der Waals surface area contributed by atoms with Gasteiger partial charge in [-0.15, -0.1) is 0 Å². The number of carboxylic acid groups (broad SMARTS) is 1. The third kappa shape index (κ3) is 5.26. The Morgan fingerprint density at radius 2 is 1.79 bits per heavy atom. The first-order valence-corrected chi connectivity index (χ1v) is 13.1. The molecule has 0 spiro atoms. The van der Waals surface area contributed by atoms with Crippen molar-refractivity contribution >= 4 is 28.5 Å². The van der Waals surface area contributed by atoms with Gasteiger partial charge in [0.05, 0.1) is 5.52 Å². The monoisotopic (exact) mass is 466 g/mol. The minimum atomic E-state index is -0.729. The SMILES string of the molecule is CC(C)[C@@H]1CC[C@@H](C)C[C@H]1N(C(=O)O)[C@H]1CC[C@@H](Nc2cc(N(C)C)c3ccccc3n2)CC1. The number of amides is 1. The number of hydrogen-bond acceptors (Lipinski definition) is 4. The highest BCUT2D eigenvalue weighted by Crippen LogP contribution is 2.39. The summed E-state index contributed by atoms with van der Waals surface area (Å²) in [6, 6.07) is 11.0. The van der Waals surface area contributed by atoms with Gasteiger partial charge in [-0.2, -0.15) is 0 Å². The van der Waals surface area contributed by atoms with Crippen molar-refractivity contribution in [3.63, 3.8) is 0 Å². The third-order valence-corrected chi connectivity index (χ3v) is 8.18. The average Bonchev–Trinajstić information content (AvgIpc) is 2.79. The smallest absolute Gasteiger partial charge is 0.407 e. The fourth-order valence-corrected chi connectivity index (χ4v) is 6.35. The second kappa shape index (κ2) is 10.4. The molecule has 0 aliphatic heterocycles. The zero-order valence-electron chi connectivity index (χ0n) is 21.5. The lowest BCUT2D eigenvalue weighted by atomic mass is 9.72. The minimum absolute atomic E-state index is 0.119. The Morgan fingerprint density at radius 3 is 2.44 bits per heavy atom. The number of para-hydroxylation sites is 1. The molecule has 0 radical (unpaired) electrons. The Morgan fingerprint density at radius 1 is 1.09 bits per heavy atom. The van der Waals surface area contributed by atoms with E-state index >= 15 is 0 Å². The van der Waals surface area contributed by atoms with Gasteiger partial charge in [-0.1, -0.05) is 45.4 Å². The van der Waals surface area contributed by atoms with Crippen LogP contribution >= 0.6 is 0 Å². The van der Waals surface area contributed by atoms with Gasteiger partial charge in [0.25, 0.3) is 0 Å². The molecule has 2 N–H and O–H groups in total. The van der Waals surface area contributed by atoms with E-state index in [1.807, 2.05) is 11.0 Å². The second-order valence-corrected chi connectivity index (χ2v) is 11.2. The number of fused-ring (bicyclic) bond motifs is 1. The predicted molar refractivity (Wildman–Crippen MR) is 141 cm³/mol. The molecule has 6 heteroatoms. The van der Waals surface area contributed by atoms with Gasteiger partial charge in [0.1, 0.15) is 5.82 Å². The first-order chi connectivity index (χ1) is 16.2. The molecule has 2 fully saturated rings. The number of anilines is 2. The fraction of sp³-hybridized carbons (Fsp3) is 0.643. The molecule has 0 unspecified atom stereocenters. The zero-order chi connectivity index (χ0) is 24.4. The molecule has 1 amide bonds. The third-order valence-electron chi connectivity index (χ3n) is 8.18. The number of hydrogen-bond donors (Lipinski definition) is 2. The maximum Gasteiger partial charge on any atom is 0.407 e. The molecule has 2 aliphatic rings. The molecule has 34 heavy (non-hydrogen) atoms. The second-order valence-electron chi connectivity index (χ2n) is 11.2. The Bertz CT molecular complexity index is 984. The lowest BCUT2D eigenvalue weighted by molar-refractivity contribution is 0.0223. The Labute approximate surface area is 204 Å². The van der Waals surface area contributed by atoms with E-state index in [-0.39, 0.29) is 12.1 Å². The first-order valence-electron chi connectivity index (χ1n) is 13.1. The van der Waals surface area contributed by atoms with E-state index in [4.69, 9.17) is 4.98 Å². The largest absolute Gasteiger partial charge is 0.465 e.